The van der Waals surface area contributed by atoms with Gasteiger partial charge < -0.3 is 7.43 Å². The molecule has 0 saturated carbocycles. The molecule has 0 aliphatic heterocycles. The van der Waals surface area contributed by atoms with Crippen molar-refractivity contribution in [3.05, 3.63) is 43.3 Å². The third-order valence-corrected chi connectivity index (χ3v) is 1.57. The van der Waals surface area contributed by atoms with Gasteiger partial charge in [0.15, 0.2) is 0 Å². The van der Waals surface area contributed by atoms with Crippen LogP contribution >= 0.6 is 0 Å². The van der Waals surface area contributed by atoms with Crippen LogP contribution in [0.3, 0.4) is 0 Å². The van der Waals surface area contributed by atoms with Crippen molar-refractivity contribution >= 4 is 23.1 Å². The van der Waals surface area contributed by atoms with Crippen molar-refractivity contribution in [2.24, 2.45) is 0 Å². The average molecular weight is 173 g/mol. The van der Waals surface area contributed by atoms with Crippen LogP contribution in [-0.4, -0.2) is 23.1 Å². The summed E-state index contributed by atoms with van der Waals surface area (Å²) < 4.78 is 0. The summed E-state index contributed by atoms with van der Waals surface area (Å²) in [5, 5.41) is 0. The smallest absolute Gasteiger partial charge is 0.358 e. The minimum atomic E-state index is 0. The van der Waals surface area contributed by atoms with Gasteiger partial charge in [0.05, 0.1) is 0 Å². The molecule has 0 atom stereocenters. The molecule has 0 spiro atoms. The standard InChI is InChI=1S/C10H13.CH3.Mg/c1-2-3-7-10-8-5-4-6-9-10;;/h4-6,8H,2-3,7H2,1H3;1H3;/q2*-1;+2. The first-order valence-corrected chi connectivity index (χ1v) is 3.89. The summed E-state index contributed by atoms with van der Waals surface area (Å²) in [6, 6.07) is 11.4. The molecule has 0 heterocycles. The Labute approximate surface area is 92.5 Å². The maximum atomic E-state index is 3.20. The van der Waals surface area contributed by atoms with Crippen molar-refractivity contribution < 1.29 is 0 Å². The van der Waals surface area contributed by atoms with Gasteiger partial charge in [0, 0.05) is 0 Å². The minimum Gasteiger partial charge on any atom is -0.358 e. The van der Waals surface area contributed by atoms with Crippen LogP contribution in [0, 0.1) is 13.5 Å². The second-order valence-electron chi connectivity index (χ2n) is 2.49. The van der Waals surface area contributed by atoms with Gasteiger partial charge >= 0.3 is 23.1 Å². The molecule has 0 fully saturated rings. The molecule has 1 heteroatoms. The molecule has 1 aromatic rings. The van der Waals surface area contributed by atoms with Gasteiger partial charge in [0.1, 0.15) is 0 Å². The van der Waals surface area contributed by atoms with E-state index in [0.717, 1.165) is 0 Å². The number of hydrogen-bond acceptors (Lipinski definition) is 0. The van der Waals surface area contributed by atoms with E-state index in [-0.39, 0.29) is 30.5 Å². The van der Waals surface area contributed by atoms with Crippen LogP contribution in [0.1, 0.15) is 25.3 Å². The predicted molar refractivity (Wildman–Crippen MR) is 56.1 cm³/mol. The van der Waals surface area contributed by atoms with Gasteiger partial charge in [0.2, 0.25) is 0 Å². The molecule has 1 aromatic carbocycles. The zero-order valence-electron chi connectivity index (χ0n) is 8.14. The molecule has 62 valence electrons. The van der Waals surface area contributed by atoms with E-state index in [1.54, 1.807) is 0 Å². The van der Waals surface area contributed by atoms with E-state index in [4.69, 9.17) is 0 Å². The monoisotopic (exact) mass is 172 g/mol. The van der Waals surface area contributed by atoms with E-state index in [0.29, 0.717) is 0 Å². The second kappa shape index (κ2) is 9.08. The van der Waals surface area contributed by atoms with Crippen LogP contribution in [0.15, 0.2) is 24.3 Å². The molecule has 0 bridgehead atoms. The Hall–Kier alpha value is -0.0138. The third-order valence-electron chi connectivity index (χ3n) is 1.57. The van der Waals surface area contributed by atoms with Gasteiger partial charge in [-0.1, -0.05) is 26.2 Å². The Morgan fingerprint density at radius 2 is 2.08 bits per heavy atom. The Kier molecular flexibility index (Phi) is 11.0. The number of unbranched alkanes of at least 4 members (excludes halogenated alkanes) is 1. The van der Waals surface area contributed by atoms with E-state index in [9.17, 15) is 0 Å². The fourth-order valence-electron chi connectivity index (χ4n) is 0.953. The van der Waals surface area contributed by atoms with Crippen molar-refractivity contribution in [2.45, 2.75) is 26.2 Å². The first-order chi connectivity index (χ1) is 4.93. The molecule has 1 rings (SSSR count). The molecule has 12 heavy (non-hydrogen) atoms. The fraction of sp³-hybridized carbons (Fsp3) is 0.364. The van der Waals surface area contributed by atoms with Gasteiger partial charge in [-0.3, -0.25) is 0 Å². The molecule has 0 nitrogen and oxygen atoms in total. The van der Waals surface area contributed by atoms with E-state index in [1.807, 2.05) is 12.1 Å². The summed E-state index contributed by atoms with van der Waals surface area (Å²) in [7, 11) is 0. The molecule has 0 aliphatic rings. The van der Waals surface area contributed by atoms with Crippen LogP contribution in [0.2, 0.25) is 0 Å². The van der Waals surface area contributed by atoms with E-state index < -0.39 is 0 Å². The largest absolute Gasteiger partial charge is 2.00 e. The quantitative estimate of drug-likeness (QED) is 0.486. The van der Waals surface area contributed by atoms with Crippen LogP contribution in [0.5, 0.6) is 0 Å². The van der Waals surface area contributed by atoms with Crippen molar-refractivity contribution in [3.8, 4) is 0 Å². The molecule has 0 radical (unpaired) electrons. The zero-order chi connectivity index (χ0) is 7.23. The molecular formula is C11H16Mg. The first-order valence-electron chi connectivity index (χ1n) is 3.89. The maximum Gasteiger partial charge on any atom is 2.00 e. The van der Waals surface area contributed by atoms with E-state index >= 15 is 0 Å². The molecule has 0 saturated heterocycles. The van der Waals surface area contributed by atoms with Crippen LogP contribution < -0.4 is 0 Å². The summed E-state index contributed by atoms with van der Waals surface area (Å²) >= 11 is 0. The zero-order valence-corrected chi connectivity index (χ0v) is 9.55. The molecule has 0 aromatic heterocycles. The van der Waals surface area contributed by atoms with Gasteiger partial charge in [0.25, 0.3) is 0 Å². The molecule has 0 unspecified atom stereocenters. The van der Waals surface area contributed by atoms with Gasteiger partial charge in [-0.15, -0.1) is 0 Å². The van der Waals surface area contributed by atoms with Crippen molar-refractivity contribution in [1.82, 2.24) is 0 Å². The van der Waals surface area contributed by atoms with Crippen LogP contribution in [0.4, 0.5) is 0 Å². The number of hydrogen-bond donors (Lipinski definition) is 0. The van der Waals surface area contributed by atoms with Crippen molar-refractivity contribution in [2.75, 3.05) is 0 Å². The van der Waals surface area contributed by atoms with Crippen molar-refractivity contribution in [3.63, 3.8) is 0 Å². The SMILES string of the molecule is CCCCc1[c-]cccc1.[CH3-].[Mg+2]. The van der Waals surface area contributed by atoms with Crippen LogP contribution in [0.25, 0.3) is 0 Å². The predicted octanol–water partition coefficient (Wildman–Crippen LogP) is 2.90. The molecule has 0 amide bonds. The Balaban J connectivity index is 0. The van der Waals surface area contributed by atoms with Gasteiger partial charge in [-0.2, -0.15) is 35.9 Å². The third kappa shape index (κ3) is 5.61. The Morgan fingerprint density at radius 3 is 2.58 bits per heavy atom. The van der Waals surface area contributed by atoms with Crippen LogP contribution in [-0.2, 0) is 6.42 Å². The van der Waals surface area contributed by atoms with Gasteiger partial charge in [-0.25, -0.2) is 0 Å². The van der Waals surface area contributed by atoms with E-state index in [2.05, 4.69) is 25.1 Å². The van der Waals surface area contributed by atoms with Crippen molar-refractivity contribution in [1.29, 1.82) is 0 Å². The number of rotatable bonds is 3. The Bertz CT molecular complexity index is 170. The molecular weight excluding hydrogens is 156 g/mol. The summed E-state index contributed by atoms with van der Waals surface area (Å²) in [5.74, 6) is 0. The van der Waals surface area contributed by atoms with Gasteiger partial charge in [-0.05, 0) is 0 Å². The summed E-state index contributed by atoms with van der Waals surface area (Å²) in [6.07, 6.45) is 3.72. The summed E-state index contributed by atoms with van der Waals surface area (Å²) in [4.78, 5) is 0. The Morgan fingerprint density at radius 1 is 1.33 bits per heavy atom. The average Bonchev–Trinajstić information content (AvgIpc) is 2.03. The summed E-state index contributed by atoms with van der Waals surface area (Å²) in [6.45, 7) is 2.21. The number of benzene rings is 1. The fourth-order valence-corrected chi connectivity index (χ4v) is 0.953. The minimum absolute atomic E-state index is 0. The molecule has 0 N–H and O–H groups in total. The normalized spacial score (nSPS) is 8.08. The van der Waals surface area contributed by atoms with E-state index in [1.165, 1.54) is 24.8 Å². The maximum absolute atomic E-state index is 3.20. The first kappa shape index (κ1) is 14.5. The molecule has 0 aliphatic carbocycles. The topological polar surface area (TPSA) is 0 Å². The second-order valence-corrected chi connectivity index (χ2v) is 2.49. The number of aryl methyl sites for hydroxylation is 1. The summed E-state index contributed by atoms with van der Waals surface area (Å²) in [5.41, 5.74) is 1.34.